The van der Waals surface area contributed by atoms with E-state index in [0.717, 1.165) is 37.9 Å². The highest BCUT2D eigenvalue weighted by molar-refractivity contribution is 5.70. The zero-order valence-electron chi connectivity index (χ0n) is 11.6. The molecule has 0 bridgehead atoms. The molecule has 0 radical (unpaired) electrons. The van der Waals surface area contributed by atoms with Crippen LogP contribution in [0.1, 0.15) is 49.8 Å². The first-order valence-corrected chi connectivity index (χ1v) is 7.56. The van der Waals surface area contributed by atoms with E-state index in [9.17, 15) is 4.79 Å². The van der Waals surface area contributed by atoms with Gasteiger partial charge in [-0.05, 0) is 44.9 Å². The number of nitrogens with one attached hydrogen (secondary N) is 1. The number of aliphatic carboxylic acids is 1. The van der Waals surface area contributed by atoms with Gasteiger partial charge in [0, 0.05) is 17.3 Å². The van der Waals surface area contributed by atoms with Crippen LogP contribution in [-0.2, 0) is 17.6 Å². The lowest BCUT2D eigenvalue weighted by Gasteiger charge is -2.29. The minimum Gasteiger partial charge on any atom is -0.481 e. The third-order valence-electron chi connectivity index (χ3n) is 4.49. The summed E-state index contributed by atoms with van der Waals surface area (Å²) in [5.41, 5.74) is 2.41. The number of nitrogens with zero attached hydrogens (tertiary/aromatic N) is 2. The second kappa shape index (κ2) is 5.77. The smallest absolute Gasteiger partial charge is 0.306 e. The van der Waals surface area contributed by atoms with Crippen molar-refractivity contribution in [2.24, 2.45) is 5.92 Å². The molecule has 2 aliphatic carbocycles. The normalized spacial score (nSPS) is 25.8. The van der Waals surface area contributed by atoms with Crippen LogP contribution in [0.5, 0.6) is 0 Å². The number of anilines is 1. The fraction of sp³-hybridized carbons (Fsp3) is 0.667. The molecular formula is C15H21N3O2. The van der Waals surface area contributed by atoms with Crippen molar-refractivity contribution in [3.05, 3.63) is 17.6 Å². The SMILES string of the molecule is O=C(O)C1CCCC(Nc2ncnc3c2CCCC3)C1. The van der Waals surface area contributed by atoms with E-state index in [1.165, 1.54) is 24.1 Å². The lowest BCUT2D eigenvalue weighted by Crippen LogP contribution is -2.31. The fourth-order valence-electron chi connectivity index (χ4n) is 3.38. The molecule has 0 amide bonds. The number of carboxylic acid groups (broad SMARTS) is 1. The predicted molar refractivity (Wildman–Crippen MR) is 75.7 cm³/mol. The molecule has 108 valence electrons. The Morgan fingerprint density at radius 1 is 1.20 bits per heavy atom. The molecule has 0 spiro atoms. The number of hydrogen-bond donors (Lipinski definition) is 2. The molecule has 0 saturated heterocycles. The highest BCUT2D eigenvalue weighted by Crippen LogP contribution is 2.29. The van der Waals surface area contributed by atoms with Gasteiger partial charge in [0.15, 0.2) is 0 Å². The number of aryl methyl sites for hydroxylation is 1. The molecule has 2 atom stereocenters. The Kier molecular flexibility index (Phi) is 3.85. The largest absolute Gasteiger partial charge is 0.481 e. The summed E-state index contributed by atoms with van der Waals surface area (Å²) in [5.74, 6) is 0.0610. The van der Waals surface area contributed by atoms with Crippen molar-refractivity contribution in [3.8, 4) is 0 Å². The van der Waals surface area contributed by atoms with Crippen molar-refractivity contribution in [1.82, 2.24) is 9.97 Å². The third-order valence-corrected chi connectivity index (χ3v) is 4.49. The Labute approximate surface area is 118 Å². The average molecular weight is 275 g/mol. The van der Waals surface area contributed by atoms with Crippen LogP contribution in [0.2, 0.25) is 0 Å². The Bertz CT molecular complexity index is 504. The van der Waals surface area contributed by atoms with Crippen molar-refractivity contribution < 1.29 is 9.90 Å². The summed E-state index contributed by atoms with van der Waals surface area (Å²) in [6.45, 7) is 0. The molecule has 20 heavy (non-hydrogen) atoms. The highest BCUT2D eigenvalue weighted by Gasteiger charge is 2.28. The molecule has 1 aromatic rings. The van der Waals surface area contributed by atoms with Gasteiger partial charge in [0.2, 0.25) is 0 Å². The Hall–Kier alpha value is -1.65. The molecule has 1 aromatic heterocycles. The number of carbonyl (C=O) groups is 1. The molecular weight excluding hydrogens is 254 g/mol. The summed E-state index contributed by atoms with van der Waals surface area (Å²) >= 11 is 0. The van der Waals surface area contributed by atoms with Gasteiger partial charge < -0.3 is 10.4 Å². The second-order valence-corrected chi connectivity index (χ2v) is 5.90. The molecule has 3 rings (SSSR count). The van der Waals surface area contributed by atoms with Gasteiger partial charge in [-0.1, -0.05) is 6.42 Å². The van der Waals surface area contributed by atoms with Crippen molar-refractivity contribution >= 4 is 11.8 Å². The second-order valence-electron chi connectivity index (χ2n) is 5.90. The summed E-state index contributed by atoms with van der Waals surface area (Å²) in [7, 11) is 0. The first-order valence-electron chi connectivity index (χ1n) is 7.56. The molecule has 2 aliphatic rings. The zero-order chi connectivity index (χ0) is 13.9. The topological polar surface area (TPSA) is 75.1 Å². The Morgan fingerprint density at radius 2 is 2.05 bits per heavy atom. The maximum absolute atomic E-state index is 11.1. The van der Waals surface area contributed by atoms with Gasteiger partial charge in [0.25, 0.3) is 0 Å². The molecule has 1 fully saturated rings. The maximum atomic E-state index is 11.1. The molecule has 5 nitrogen and oxygen atoms in total. The van der Waals surface area contributed by atoms with E-state index in [-0.39, 0.29) is 12.0 Å². The predicted octanol–water partition coefficient (Wildman–Crippen LogP) is 2.41. The van der Waals surface area contributed by atoms with Crippen LogP contribution in [0.15, 0.2) is 6.33 Å². The van der Waals surface area contributed by atoms with Gasteiger partial charge in [-0.3, -0.25) is 4.79 Å². The first kappa shape index (κ1) is 13.3. The van der Waals surface area contributed by atoms with E-state index in [0.29, 0.717) is 6.42 Å². The van der Waals surface area contributed by atoms with Gasteiger partial charge in [0.05, 0.1) is 5.92 Å². The van der Waals surface area contributed by atoms with Crippen LogP contribution in [0.4, 0.5) is 5.82 Å². The first-order chi connectivity index (χ1) is 9.74. The number of fused-ring (bicyclic) bond motifs is 1. The molecule has 2 N–H and O–H groups in total. The fourth-order valence-corrected chi connectivity index (χ4v) is 3.38. The maximum Gasteiger partial charge on any atom is 0.306 e. The quantitative estimate of drug-likeness (QED) is 0.886. The van der Waals surface area contributed by atoms with Crippen molar-refractivity contribution in [2.75, 3.05) is 5.32 Å². The highest BCUT2D eigenvalue weighted by atomic mass is 16.4. The number of aromatic nitrogens is 2. The lowest BCUT2D eigenvalue weighted by atomic mass is 9.85. The van der Waals surface area contributed by atoms with Crippen molar-refractivity contribution in [3.63, 3.8) is 0 Å². The minimum atomic E-state index is -0.666. The van der Waals surface area contributed by atoms with Gasteiger partial charge in [-0.15, -0.1) is 0 Å². The van der Waals surface area contributed by atoms with E-state index in [1.807, 2.05) is 0 Å². The van der Waals surface area contributed by atoms with E-state index in [2.05, 4.69) is 15.3 Å². The summed E-state index contributed by atoms with van der Waals surface area (Å²) in [6.07, 6.45) is 9.60. The molecule has 1 heterocycles. The monoisotopic (exact) mass is 275 g/mol. The van der Waals surface area contributed by atoms with Gasteiger partial charge in [-0.2, -0.15) is 0 Å². The Balaban J connectivity index is 1.73. The number of carboxylic acids is 1. The lowest BCUT2D eigenvalue weighted by molar-refractivity contribution is -0.142. The standard InChI is InChI=1S/C15H21N3O2/c19-15(20)10-4-3-5-11(8-10)18-14-12-6-1-2-7-13(12)16-9-17-14/h9-11H,1-8H2,(H,19,20)(H,16,17,18). The summed E-state index contributed by atoms with van der Waals surface area (Å²) < 4.78 is 0. The summed E-state index contributed by atoms with van der Waals surface area (Å²) in [4.78, 5) is 19.9. The van der Waals surface area contributed by atoms with Crippen LogP contribution in [-0.4, -0.2) is 27.1 Å². The Morgan fingerprint density at radius 3 is 2.90 bits per heavy atom. The number of rotatable bonds is 3. The summed E-state index contributed by atoms with van der Waals surface area (Å²) in [5, 5.41) is 12.6. The van der Waals surface area contributed by atoms with E-state index >= 15 is 0 Å². The summed E-state index contributed by atoms with van der Waals surface area (Å²) in [6, 6.07) is 0.228. The van der Waals surface area contributed by atoms with Crippen LogP contribution in [0.3, 0.4) is 0 Å². The van der Waals surface area contributed by atoms with E-state index < -0.39 is 5.97 Å². The minimum absolute atomic E-state index is 0.209. The van der Waals surface area contributed by atoms with Gasteiger partial charge in [0.1, 0.15) is 12.1 Å². The third kappa shape index (κ3) is 2.76. The van der Waals surface area contributed by atoms with Crippen molar-refractivity contribution in [2.45, 2.75) is 57.4 Å². The molecule has 0 aliphatic heterocycles. The molecule has 0 aromatic carbocycles. The van der Waals surface area contributed by atoms with Gasteiger partial charge >= 0.3 is 5.97 Å². The van der Waals surface area contributed by atoms with E-state index in [4.69, 9.17) is 5.11 Å². The van der Waals surface area contributed by atoms with Crippen LogP contribution >= 0.6 is 0 Å². The van der Waals surface area contributed by atoms with Crippen LogP contribution < -0.4 is 5.32 Å². The molecule has 1 saturated carbocycles. The van der Waals surface area contributed by atoms with Crippen LogP contribution in [0, 0.1) is 5.92 Å². The van der Waals surface area contributed by atoms with Crippen LogP contribution in [0.25, 0.3) is 0 Å². The average Bonchev–Trinajstić information content (AvgIpc) is 2.48. The molecule has 2 unspecified atom stereocenters. The van der Waals surface area contributed by atoms with E-state index in [1.54, 1.807) is 6.33 Å². The number of hydrogen-bond acceptors (Lipinski definition) is 4. The van der Waals surface area contributed by atoms with Gasteiger partial charge in [-0.25, -0.2) is 9.97 Å². The zero-order valence-corrected chi connectivity index (χ0v) is 11.6. The molecule has 5 heteroatoms. The van der Waals surface area contributed by atoms with Crippen molar-refractivity contribution in [1.29, 1.82) is 0 Å².